The van der Waals surface area contributed by atoms with Gasteiger partial charge in [0.05, 0.1) is 11.6 Å². The minimum absolute atomic E-state index is 0.0535. The molecule has 0 saturated carbocycles. The molecule has 1 aliphatic rings. The number of carbonyl (C=O) groups is 3. The third-order valence-corrected chi connectivity index (χ3v) is 5.51. The fraction of sp³-hybridized carbons (Fsp3) is 0.318. The van der Waals surface area contributed by atoms with Crippen LogP contribution in [0.1, 0.15) is 40.4 Å². The lowest BCUT2D eigenvalue weighted by Gasteiger charge is -2.38. The lowest BCUT2D eigenvalue weighted by Crippen LogP contribution is -2.43. The minimum Gasteiger partial charge on any atom is -0.478 e. The lowest BCUT2D eigenvalue weighted by atomic mass is 9.85. The van der Waals surface area contributed by atoms with Crippen molar-refractivity contribution in [3.63, 3.8) is 0 Å². The number of carboxylic acid groups (broad SMARTS) is 1. The smallest absolute Gasteiger partial charge is 0.410 e. The topological polar surface area (TPSA) is 83.9 Å². The first-order chi connectivity index (χ1) is 14.0. The van der Waals surface area contributed by atoms with E-state index < -0.39 is 12.1 Å². The molecule has 0 aromatic heterocycles. The van der Waals surface area contributed by atoms with E-state index in [0.717, 1.165) is 11.1 Å². The summed E-state index contributed by atoms with van der Waals surface area (Å²) in [7, 11) is 0. The molecule has 1 amide bonds. The Morgan fingerprint density at radius 3 is 2.38 bits per heavy atom. The molecule has 0 aliphatic carbocycles. The SMILES string of the molecule is O=C(O)c1ccc([C@@H]2C[C@@H](C(=O)CS)CCN2C(=O)OCc2ccccc2)cc1. The van der Waals surface area contributed by atoms with E-state index in [9.17, 15) is 14.4 Å². The molecule has 0 radical (unpaired) electrons. The highest BCUT2D eigenvalue weighted by atomic mass is 32.1. The normalized spacial score (nSPS) is 18.9. The molecular weight excluding hydrogens is 390 g/mol. The fourth-order valence-corrected chi connectivity index (χ4v) is 3.83. The number of carboxylic acids is 1. The number of hydrogen-bond acceptors (Lipinski definition) is 5. The van der Waals surface area contributed by atoms with Gasteiger partial charge in [-0.25, -0.2) is 9.59 Å². The number of aromatic carboxylic acids is 1. The second kappa shape index (κ2) is 9.60. The van der Waals surface area contributed by atoms with Crippen molar-refractivity contribution in [2.45, 2.75) is 25.5 Å². The van der Waals surface area contributed by atoms with Gasteiger partial charge in [0.15, 0.2) is 0 Å². The molecule has 1 N–H and O–H groups in total. The van der Waals surface area contributed by atoms with Crippen LogP contribution in [0.4, 0.5) is 4.79 Å². The minimum atomic E-state index is -1.01. The van der Waals surface area contributed by atoms with E-state index in [-0.39, 0.29) is 35.7 Å². The number of amides is 1. The molecule has 0 spiro atoms. The van der Waals surface area contributed by atoms with Gasteiger partial charge in [0.1, 0.15) is 12.4 Å². The number of nitrogens with zero attached hydrogens (tertiary/aromatic N) is 1. The Morgan fingerprint density at radius 2 is 1.76 bits per heavy atom. The van der Waals surface area contributed by atoms with Crippen LogP contribution in [0.5, 0.6) is 0 Å². The third-order valence-electron chi connectivity index (χ3n) is 5.20. The summed E-state index contributed by atoms with van der Waals surface area (Å²) in [6.07, 6.45) is 0.577. The quantitative estimate of drug-likeness (QED) is 0.700. The molecule has 2 atom stereocenters. The second-order valence-electron chi connectivity index (χ2n) is 7.02. The van der Waals surface area contributed by atoms with Crippen molar-refractivity contribution in [2.24, 2.45) is 5.92 Å². The van der Waals surface area contributed by atoms with Crippen LogP contribution in [0, 0.1) is 5.92 Å². The predicted molar refractivity (Wildman–Crippen MR) is 111 cm³/mol. The summed E-state index contributed by atoms with van der Waals surface area (Å²) < 4.78 is 5.50. The Morgan fingerprint density at radius 1 is 1.07 bits per heavy atom. The number of hydrogen-bond donors (Lipinski definition) is 2. The number of ether oxygens (including phenoxy) is 1. The van der Waals surface area contributed by atoms with Crippen LogP contribution in [0.15, 0.2) is 54.6 Å². The summed E-state index contributed by atoms with van der Waals surface area (Å²) in [6, 6.07) is 15.5. The molecule has 2 aromatic carbocycles. The first kappa shape index (κ1) is 20.9. The second-order valence-corrected chi connectivity index (χ2v) is 7.34. The molecule has 1 fully saturated rings. The van der Waals surface area contributed by atoms with Gasteiger partial charge in [-0.2, -0.15) is 12.6 Å². The zero-order valence-electron chi connectivity index (χ0n) is 15.9. The molecule has 1 saturated heterocycles. The summed E-state index contributed by atoms with van der Waals surface area (Å²) in [5.74, 6) is -0.983. The molecule has 1 heterocycles. The van der Waals surface area contributed by atoms with Crippen LogP contribution in [0.3, 0.4) is 0 Å². The summed E-state index contributed by atoms with van der Waals surface area (Å²) in [5.41, 5.74) is 1.84. The van der Waals surface area contributed by atoms with Crippen molar-refractivity contribution in [1.82, 2.24) is 4.90 Å². The molecule has 1 aliphatic heterocycles. The van der Waals surface area contributed by atoms with Crippen molar-refractivity contribution in [1.29, 1.82) is 0 Å². The Balaban J connectivity index is 1.78. The molecular formula is C22H23NO5S. The molecule has 152 valence electrons. The Bertz CT molecular complexity index is 869. The van der Waals surface area contributed by atoms with E-state index in [1.165, 1.54) is 12.1 Å². The number of rotatable bonds is 6. The Hall–Kier alpha value is -2.80. The van der Waals surface area contributed by atoms with E-state index in [0.29, 0.717) is 19.4 Å². The number of Topliss-reactive ketones (excluding diaryl/α,β-unsaturated/α-hetero) is 1. The van der Waals surface area contributed by atoms with Gasteiger partial charge in [-0.05, 0) is 36.1 Å². The number of benzene rings is 2. The Labute approximate surface area is 174 Å². The number of likely N-dealkylation sites (tertiary alicyclic amines) is 1. The molecule has 6 nitrogen and oxygen atoms in total. The van der Waals surface area contributed by atoms with Crippen molar-refractivity contribution < 1.29 is 24.2 Å². The molecule has 3 rings (SSSR count). The van der Waals surface area contributed by atoms with Gasteiger partial charge in [-0.3, -0.25) is 4.79 Å². The van der Waals surface area contributed by atoms with Gasteiger partial charge in [-0.15, -0.1) is 0 Å². The first-order valence-corrected chi connectivity index (χ1v) is 10.1. The van der Waals surface area contributed by atoms with Gasteiger partial charge < -0.3 is 14.7 Å². The molecule has 0 bridgehead atoms. The van der Waals surface area contributed by atoms with E-state index >= 15 is 0 Å². The average molecular weight is 413 g/mol. The lowest BCUT2D eigenvalue weighted by molar-refractivity contribution is -0.122. The maximum absolute atomic E-state index is 12.8. The van der Waals surface area contributed by atoms with E-state index in [4.69, 9.17) is 9.84 Å². The first-order valence-electron chi connectivity index (χ1n) is 9.43. The van der Waals surface area contributed by atoms with Crippen LogP contribution in [0.2, 0.25) is 0 Å². The summed E-state index contributed by atoms with van der Waals surface area (Å²) in [6.45, 7) is 0.559. The van der Waals surface area contributed by atoms with Crippen LogP contribution in [0.25, 0.3) is 0 Å². The van der Waals surface area contributed by atoms with Gasteiger partial charge >= 0.3 is 12.1 Å². The highest BCUT2D eigenvalue weighted by Gasteiger charge is 2.36. The van der Waals surface area contributed by atoms with Crippen LogP contribution < -0.4 is 0 Å². The number of carbonyl (C=O) groups excluding carboxylic acids is 2. The van der Waals surface area contributed by atoms with Gasteiger partial charge in [0.25, 0.3) is 0 Å². The monoisotopic (exact) mass is 413 g/mol. The van der Waals surface area contributed by atoms with Crippen LogP contribution in [-0.2, 0) is 16.1 Å². The highest BCUT2D eigenvalue weighted by Crippen LogP contribution is 2.35. The maximum atomic E-state index is 12.8. The summed E-state index contributed by atoms with van der Waals surface area (Å²) in [5, 5.41) is 9.11. The number of thiol groups is 1. The van der Waals surface area contributed by atoms with Gasteiger partial charge in [0, 0.05) is 18.2 Å². The molecule has 7 heteroatoms. The number of piperidine rings is 1. The standard InChI is InChI=1S/C22H23NO5S/c24-20(14-29)18-10-11-23(22(27)28-13-15-4-2-1-3-5-15)19(12-18)16-6-8-17(9-7-16)21(25)26/h1-9,18-19,29H,10-14H2,(H,25,26)/t18-,19-/m0/s1. The van der Waals surface area contributed by atoms with E-state index in [1.807, 2.05) is 30.3 Å². The van der Waals surface area contributed by atoms with Crippen molar-refractivity contribution in [3.8, 4) is 0 Å². The van der Waals surface area contributed by atoms with E-state index in [1.54, 1.807) is 17.0 Å². The van der Waals surface area contributed by atoms with Crippen LogP contribution in [-0.4, -0.2) is 40.1 Å². The summed E-state index contributed by atoms with van der Waals surface area (Å²) >= 11 is 4.10. The maximum Gasteiger partial charge on any atom is 0.410 e. The van der Waals surface area contributed by atoms with Crippen molar-refractivity contribution >= 4 is 30.5 Å². The van der Waals surface area contributed by atoms with Crippen molar-refractivity contribution in [2.75, 3.05) is 12.3 Å². The predicted octanol–water partition coefficient (Wildman–Crippen LogP) is 3.97. The fourth-order valence-electron chi connectivity index (χ4n) is 3.57. The van der Waals surface area contributed by atoms with Gasteiger partial charge in [0.2, 0.25) is 0 Å². The molecule has 29 heavy (non-hydrogen) atoms. The highest BCUT2D eigenvalue weighted by molar-refractivity contribution is 7.81. The Kier molecular flexibility index (Phi) is 6.93. The zero-order chi connectivity index (χ0) is 20.8. The van der Waals surface area contributed by atoms with E-state index in [2.05, 4.69) is 12.6 Å². The number of ketones is 1. The zero-order valence-corrected chi connectivity index (χ0v) is 16.8. The molecule has 2 aromatic rings. The van der Waals surface area contributed by atoms with Crippen LogP contribution >= 0.6 is 12.6 Å². The third kappa shape index (κ3) is 5.17. The van der Waals surface area contributed by atoms with Crippen molar-refractivity contribution in [3.05, 3.63) is 71.3 Å². The average Bonchev–Trinajstić information content (AvgIpc) is 2.77. The largest absolute Gasteiger partial charge is 0.478 e. The van der Waals surface area contributed by atoms with Gasteiger partial charge in [-0.1, -0.05) is 42.5 Å². The molecule has 0 unspecified atom stereocenters. The summed E-state index contributed by atoms with van der Waals surface area (Å²) in [4.78, 5) is 37.7.